The minimum atomic E-state index is -0.851. The average molecular weight is 267 g/mol. The van der Waals surface area contributed by atoms with Gasteiger partial charge in [0.05, 0.1) is 5.41 Å². The first-order valence-electron chi connectivity index (χ1n) is 6.19. The lowest BCUT2D eigenvalue weighted by molar-refractivity contribution is -0.151. The fourth-order valence-electron chi connectivity index (χ4n) is 2.32. The predicted octanol–water partition coefficient (Wildman–Crippen LogP) is 0.163. The summed E-state index contributed by atoms with van der Waals surface area (Å²) in [5.41, 5.74) is -0.851. The molecule has 104 valence electrons. The fourth-order valence-corrected chi connectivity index (χ4v) is 2.32. The number of carboxylic acids is 1. The Hall–Kier alpha value is -1.99. The number of aromatic amines is 1. The van der Waals surface area contributed by atoms with Crippen LogP contribution in [0.1, 0.15) is 37.3 Å². The van der Waals surface area contributed by atoms with Crippen molar-refractivity contribution in [3.05, 3.63) is 5.82 Å². The van der Waals surface area contributed by atoms with Crippen molar-refractivity contribution in [1.82, 2.24) is 25.5 Å². The molecule has 8 heteroatoms. The van der Waals surface area contributed by atoms with E-state index in [-0.39, 0.29) is 17.6 Å². The van der Waals surface area contributed by atoms with Gasteiger partial charge in [0.25, 0.3) is 11.7 Å². The SMILES string of the molecule is CC(C)(C(=O)O)C1CCCN(C(=O)c2nn[nH]n2)C1. The van der Waals surface area contributed by atoms with E-state index in [4.69, 9.17) is 0 Å². The Morgan fingerprint density at radius 2 is 2.21 bits per heavy atom. The van der Waals surface area contributed by atoms with Crippen LogP contribution in [0.15, 0.2) is 0 Å². The van der Waals surface area contributed by atoms with Crippen LogP contribution in [0.3, 0.4) is 0 Å². The third-order valence-electron chi connectivity index (χ3n) is 3.82. The zero-order chi connectivity index (χ0) is 14.0. The third kappa shape index (κ3) is 2.56. The minimum Gasteiger partial charge on any atom is -0.481 e. The summed E-state index contributed by atoms with van der Waals surface area (Å²) < 4.78 is 0. The van der Waals surface area contributed by atoms with Crippen molar-refractivity contribution < 1.29 is 14.7 Å². The van der Waals surface area contributed by atoms with Crippen LogP contribution < -0.4 is 0 Å². The van der Waals surface area contributed by atoms with Crippen molar-refractivity contribution in [3.63, 3.8) is 0 Å². The molecule has 8 nitrogen and oxygen atoms in total. The summed E-state index contributed by atoms with van der Waals surface area (Å²) in [5, 5.41) is 22.2. The highest BCUT2D eigenvalue weighted by Crippen LogP contribution is 2.34. The van der Waals surface area contributed by atoms with Gasteiger partial charge in [0.15, 0.2) is 0 Å². The Kier molecular flexibility index (Phi) is 3.50. The summed E-state index contributed by atoms with van der Waals surface area (Å²) in [5.74, 6) is -1.20. The molecule has 1 aromatic rings. The van der Waals surface area contributed by atoms with E-state index >= 15 is 0 Å². The standard InChI is InChI=1S/C11H17N5O3/c1-11(2,10(18)19)7-4-3-5-16(6-7)9(17)8-12-14-15-13-8/h7H,3-6H2,1-2H3,(H,18,19)(H,12,13,14,15). The fraction of sp³-hybridized carbons (Fsp3) is 0.727. The molecule has 2 rings (SSSR count). The van der Waals surface area contributed by atoms with E-state index in [1.165, 1.54) is 0 Å². The number of hydrogen-bond donors (Lipinski definition) is 2. The number of rotatable bonds is 3. The number of tetrazole rings is 1. The van der Waals surface area contributed by atoms with Gasteiger partial charge in [-0.25, -0.2) is 0 Å². The molecule has 1 saturated heterocycles. The van der Waals surface area contributed by atoms with Crippen LogP contribution in [0.2, 0.25) is 0 Å². The first-order chi connectivity index (χ1) is 8.93. The van der Waals surface area contributed by atoms with E-state index in [1.54, 1.807) is 18.7 Å². The molecule has 0 aliphatic carbocycles. The number of H-pyrrole nitrogens is 1. The molecule has 19 heavy (non-hydrogen) atoms. The smallest absolute Gasteiger partial charge is 0.309 e. The van der Waals surface area contributed by atoms with Gasteiger partial charge in [-0.3, -0.25) is 9.59 Å². The highest BCUT2D eigenvalue weighted by molar-refractivity contribution is 5.90. The molecule has 1 fully saturated rings. The number of hydrogen-bond acceptors (Lipinski definition) is 5. The van der Waals surface area contributed by atoms with E-state index in [0.29, 0.717) is 13.1 Å². The number of nitrogens with one attached hydrogen (secondary N) is 1. The summed E-state index contributed by atoms with van der Waals surface area (Å²) in [6.45, 7) is 4.40. The van der Waals surface area contributed by atoms with Crippen molar-refractivity contribution in [1.29, 1.82) is 0 Å². The molecule has 2 heterocycles. The second kappa shape index (κ2) is 4.94. The molecule has 0 spiro atoms. The number of aliphatic carboxylic acids is 1. The molecule has 1 aliphatic heterocycles. The maximum atomic E-state index is 12.1. The number of likely N-dealkylation sites (tertiary alicyclic amines) is 1. The maximum absolute atomic E-state index is 12.1. The number of aromatic nitrogens is 4. The normalized spacial score (nSPS) is 20.3. The molecule has 1 aromatic heterocycles. The van der Waals surface area contributed by atoms with Crippen molar-refractivity contribution in [2.45, 2.75) is 26.7 Å². The van der Waals surface area contributed by atoms with Crippen LogP contribution in [-0.2, 0) is 4.79 Å². The lowest BCUT2D eigenvalue weighted by Crippen LogP contribution is -2.47. The van der Waals surface area contributed by atoms with Crippen LogP contribution in [0.4, 0.5) is 0 Å². The number of carboxylic acid groups (broad SMARTS) is 1. The lowest BCUT2D eigenvalue weighted by Gasteiger charge is -2.38. The van der Waals surface area contributed by atoms with Gasteiger partial charge in [-0.05, 0) is 37.8 Å². The van der Waals surface area contributed by atoms with Gasteiger partial charge in [0.1, 0.15) is 0 Å². The molecule has 1 amide bonds. The van der Waals surface area contributed by atoms with Gasteiger partial charge in [-0.15, -0.1) is 10.2 Å². The topological polar surface area (TPSA) is 112 Å². The van der Waals surface area contributed by atoms with Crippen molar-refractivity contribution in [3.8, 4) is 0 Å². The van der Waals surface area contributed by atoms with E-state index in [9.17, 15) is 14.7 Å². The summed E-state index contributed by atoms with van der Waals surface area (Å²) in [4.78, 5) is 25.0. The van der Waals surface area contributed by atoms with Crippen LogP contribution in [0.25, 0.3) is 0 Å². The van der Waals surface area contributed by atoms with Crippen LogP contribution in [0, 0.1) is 11.3 Å². The first kappa shape index (κ1) is 13.4. The monoisotopic (exact) mass is 267 g/mol. The number of nitrogens with zero attached hydrogens (tertiary/aromatic N) is 4. The van der Waals surface area contributed by atoms with Gasteiger partial charge >= 0.3 is 5.97 Å². The van der Waals surface area contributed by atoms with E-state index in [1.807, 2.05) is 0 Å². The largest absolute Gasteiger partial charge is 0.481 e. The Morgan fingerprint density at radius 1 is 1.47 bits per heavy atom. The summed E-state index contributed by atoms with van der Waals surface area (Å²) in [6.07, 6.45) is 1.58. The second-order valence-electron chi connectivity index (χ2n) is 5.35. The van der Waals surface area contributed by atoms with Gasteiger partial charge < -0.3 is 10.0 Å². The summed E-state index contributed by atoms with van der Waals surface area (Å²) >= 11 is 0. The lowest BCUT2D eigenvalue weighted by atomic mass is 9.74. The summed E-state index contributed by atoms with van der Waals surface area (Å²) in [7, 11) is 0. The van der Waals surface area contributed by atoms with E-state index in [2.05, 4.69) is 20.6 Å². The first-order valence-corrected chi connectivity index (χ1v) is 6.19. The Labute approximate surface area is 110 Å². The second-order valence-corrected chi connectivity index (χ2v) is 5.35. The average Bonchev–Trinajstić information content (AvgIpc) is 2.91. The van der Waals surface area contributed by atoms with Crippen molar-refractivity contribution in [2.24, 2.45) is 11.3 Å². The molecule has 0 radical (unpaired) electrons. The van der Waals surface area contributed by atoms with Gasteiger partial charge in [-0.1, -0.05) is 0 Å². The summed E-state index contributed by atoms with van der Waals surface area (Å²) in [6, 6.07) is 0. The molecule has 1 atom stereocenters. The van der Waals surface area contributed by atoms with Gasteiger partial charge in [0.2, 0.25) is 0 Å². The van der Waals surface area contributed by atoms with Gasteiger partial charge in [-0.2, -0.15) is 5.21 Å². The van der Waals surface area contributed by atoms with Crippen molar-refractivity contribution >= 4 is 11.9 Å². The van der Waals surface area contributed by atoms with Crippen LogP contribution in [0.5, 0.6) is 0 Å². The zero-order valence-corrected chi connectivity index (χ0v) is 11.0. The molecule has 0 bridgehead atoms. The maximum Gasteiger partial charge on any atom is 0.309 e. The number of piperidine rings is 1. The molecule has 1 unspecified atom stereocenters. The number of carbonyl (C=O) groups is 2. The highest BCUT2D eigenvalue weighted by atomic mass is 16.4. The van der Waals surface area contributed by atoms with E-state index < -0.39 is 11.4 Å². The van der Waals surface area contributed by atoms with E-state index in [0.717, 1.165) is 12.8 Å². The molecular formula is C11H17N5O3. The highest BCUT2D eigenvalue weighted by Gasteiger charge is 2.40. The molecular weight excluding hydrogens is 250 g/mol. The third-order valence-corrected chi connectivity index (χ3v) is 3.82. The Bertz CT molecular complexity index is 471. The minimum absolute atomic E-state index is 0.0220. The number of amides is 1. The predicted molar refractivity (Wildman–Crippen MR) is 64.2 cm³/mol. The Balaban J connectivity index is 2.09. The quantitative estimate of drug-likeness (QED) is 0.806. The molecule has 0 saturated carbocycles. The zero-order valence-electron chi connectivity index (χ0n) is 11.0. The van der Waals surface area contributed by atoms with Crippen LogP contribution >= 0.6 is 0 Å². The van der Waals surface area contributed by atoms with Gasteiger partial charge in [0, 0.05) is 13.1 Å². The van der Waals surface area contributed by atoms with Crippen molar-refractivity contribution in [2.75, 3.05) is 13.1 Å². The molecule has 2 N–H and O–H groups in total. The molecule has 1 aliphatic rings. The Morgan fingerprint density at radius 3 is 2.79 bits per heavy atom. The van der Waals surface area contributed by atoms with Crippen LogP contribution in [-0.4, -0.2) is 55.6 Å². The molecule has 0 aromatic carbocycles. The number of carbonyl (C=O) groups excluding carboxylic acids is 1.